The lowest BCUT2D eigenvalue weighted by atomic mass is 10.1. The van der Waals surface area contributed by atoms with Crippen LogP contribution >= 0.6 is 0 Å². The summed E-state index contributed by atoms with van der Waals surface area (Å²) in [5.41, 5.74) is 1.05. The summed E-state index contributed by atoms with van der Waals surface area (Å²) in [5.74, 6) is 0.704. The molecule has 1 aliphatic rings. The molecule has 21 heavy (non-hydrogen) atoms. The summed E-state index contributed by atoms with van der Waals surface area (Å²) in [6.07, 6.45) is 2.59. The zero-order chi connectivity index (χ0) is 15.2. The fourth-order valence-electron chi connectivity index (χ4n) is 2.67. The van der Waals surface area contributed by atoms with E-state index >= 15 is 0 Å². The van der Waals surface area contributed by atoms with Crippen LogP contribution in [-0.2, 0) is 11.3 Å². The quantitative estimate of drug-likeness (QED) is 0.837. The van der Waals surface area contributed by atoms with Crippen LogP contribution in [0.5, 0.6) is 11.5 Å². The molecule has 0 radical (unpaired) electrons. The number of methoxy groups -OCH3 is 1. The minimum absolute atomic E-state index is 0.368. The summed E-state index contributed by atoms with van der Waals surface area (Å²) < 4.78 is 11.0. The first-order valence-corrected chi connectivity index (χ1v) is 7.42. The number of ether oxygens (including phenoxy) is 2. The molecule has 1 atom stereocenters. The van der Waals surface area contributed by atoms with E-state index in [-0.39, 0.29) is 6.04 Å². The van der Waals surface area contributed by atoms with Gasteiger partial charge in [-0.2, -0.15) is 0 Å². The maximum absolute atomic E-state index is 11.2. The Kier molecular flexibility index (Phi) is 5.44. The van der Waals surface area contributed by atoms with E-state index in [1.165, 1.54) is 0 Å². The molecule has 1 aromatic carbocycles. The van der Waals surface area contributed by atoms with Crippen LogP contribution in [0, 0.1) is 0 Å². The van der Waals surface area contributed by atoms with Gasteiger partial charge in [-0.3, -0.25) is 9.69 Å². The van der Waals surface area contributed by atoms with Gasteiger partial charge in [0.1, 0.15) is 6.04 Å². The smallest absolute Gasteiger partial charge is 0.320 e. The Morgan fingerprint density at radius 3 is 2.90 bits per heavy atom. The third-order valence-corrected chi connectivity index (χ3v) is 3.72. The first kappa shape index (κ1) is 15.6. The van der Waals surface area contributed by atoms with E-state index < -0.39 is 5.97 Å². The number of carbonyl (C=O) groups is 1. The van der Waals surface area contributed by atoms with Crippen LogP contribution in [0.4, 0.5) is 0 Å². The molecule has 0 aromatic heterocycles. The third-order valence-electron chi connectivity index (χ3n) is 3.72. The average Bonchev–Trinajstić information content (AvgIpc) is 2.93. The molecule has 0 spiro atoms. The third kappa shape index (κ3) is 3.88. The van der Waals surface area contributed by atoms with Gasteiger partial charge in [0.25, 0.3) is 0 Å². The Bertz CT molecular complexity index is 489. The zero-order valence-corrected chi connectivity index (χ0v) is 12.7. The highest BCUT2D eigenvalue weighted by Crippen LogP contribution is 2.30. The van der Waals surface area contributed by atoms with Crippen LogP contribution < -0.4 is 9.47 Å². The van der Waals surface area contributed by atoms with E-state index in [4.69, 9.17) is 9.47 Å². The van der Waals surface area contributed by atoms with Crippen molar-refractivity contribution in [2.75, 3.05) is 20.3 Å². The van der Waals surface area contributed by atoms with Gasteiger partial charge in [0.2, 0.25) is 0 Å². The molecule has 1 heterocycles. The second kappa shape index (κ2) is 7.31. The number of rotatable bonds is 7. The molecule has 0 saturated carbocycles. The molecule has 1 fully saturated rings. The molecule has 5 nitrogen and oxygen atoms in total. The molecular formula is C16H23NO4. The van der Waals surface area contributed by atoms with Crippen LogP contribution in [0.3, 0.4) is 0 Å². The van der Waals surface area contributed by atoms with Gasteiger partial charge >= 0.3 is 5.97 Å². The number of carboxylic acids is 1. The second-order valence-electron chi connectivity index (χ2n) is 5.30. The summed E-state index contributed by atoms with van der Waals surface area (Å²) in [7, 11) is 1.62. The molecule has 1 aliphatic heterocycles. The van der Waals surface area contributed by atoms with E-state index in [0.29, 0.717) is 18.9 Å². The lowest BCUT2D eigenvalue weighted by molar-refractivity contribution is -0.142. The van der Waals surface area contributed by atoms with Crippen molar-refractivity contribution < 1.29 is 19.4 Å². The molecule has 1 aromatic rings. The number of aliphatic carboxylic acids is 1. The Labute approximate surface area is 125 Å². The number of hydrogen-bond acceptors (Lipinski definition) is 4. The van der Waals surface area contributed by atoms with Crippen molar-refractivity contribution in [1.82, 2.24) is 4.90 Å². The molecule has 0 amide bonds. The van der Waals surface area contributed by atoms with E-state index in [1.807, 2.05) is 23.1 Å². The van der Waals surface area contributed by atoms with Gasteiger partial charge in [0.15, 0.2) is 11.5 Å². The fourth-order valence-corrected chi connectivity index (χ4v) is 2.67. The lowest BCUT2D eigenvalue weighted by Crippen LogP contribution is -2.35. The highest BCUT2D eigenvalue weighted by molar-refractivity contribution is 5.73. The minimum Gasteiger partial charge on any atom is -0.493 e. The zero-order valence-electron chi connectivity index (χ0n) is 12.7. The van der Waals surface area contributed by atoms with Gasteiger partial charge in [-0.1, -0.05) is 13.0 Å². The summed E-state index contributed by atoms with van der Waals surface area (Å²) in [6, 6.07) is 5.43. The molecule has 1 N–H and O–H groups in total. The Morgan fingerprint density at radius 2 is 2.24 bits per heavy atom. The van der Waals surface area contributed by atoms with Gasteiger partial charge in [-0.15, -0.1) is 0 Å². The summed E-state index contributed by atoms with van der Waals surface area (Å²) in [6.45, 7) is 4.15. The Morgan fingerprint density at radius 1 is 1.43 bits per heavy atom. The van der Waals surface area contributed by atoms with Gasteiger partial charge in [-0.25, -0.2) is 0 Å². The van der Waals surface area contributed by atoms with Gasteiger partial charge in [0, 0.05) is 6.54 Å². The van der Waals surface area contributed by atoms with Crippen LogP contribution in [0.15, 0.2) is 18.2 Å². The molecule has 0 aliphatic carbocycles. The summed E-state index contributed by atoms with van der Waals surface area (Å²) in [4.78, 5) is 13.2. The first-order chi connectivity index (χ1) is 10.2. The predicted octanol–water partition coefficient (Wildman–Crippen LogP) is 2.53. The van der Waals surface area contributed by atoms with E-state index in [0.717, 1.165) is 37.1 Å². The molecule has 1 saturated heterocycles. The van der Waals surface area contributed by atoms with Crippen molar-refractivity contribution >= 4 is 5.97 Å². The maximum Gasteiger partial charge on any atom is 0.320 e. The van der Waals surface area contributed by atoms with Crippen molar-refractivity contribution in [2.45, 2.75) is 38.8 Å². The molecule has 0 bridgehead atoms. The van der Waals surface area contributed by atoms with Crippen LogP contribution in [0.25, 0.3) is 0 Å². The highest BCUT2D eigenvalue weighted by atomic mass is 16.5. The predicted molar refractivity (Wildman–Crippen MR) is 79.8 cm³/mol. The monoisotopic (exact) mass is 293 g/mol. The Hall–Kier alpha value is -1.75. The van der Waals surface area contributed by atoms with Gasteiger partial charge in [-0.05, 0) is 43.5 Å². The van der Waals surface area contributed by atoms with Crippen molar-refractivity contribution in [2.24, 2.45) is 0 Å². The van der Waals surface area contributed by atoms with Crippen LogP contribution in [0.1, 0.15) is 31.7 Å². The number of carboxylic acid groups (broad SMARTS) is 1. The van der Waals surface area contributed by atoms with Gasteiger partial charge < -0.3 is 14.6 Å². The number of nitrogens with zero attached hydrogens (tertiary/aromatic N) is 1. The van der Waals surface area contributed by atoms with Gasteiger partial charge in [0.05, 0.1) is 13.7 Å². The molecule has 116 valence electrons. The molecule has 0 unspecified atom stereocenters. The van der Waals surface area contributed by atoms with Crippen molar-refractivity contribution in [3.63, 3.8) is 0 Å². The fraction of sp³-hybridized carbons (Fsp3) is 0.562. The SMILES string of the molecule is CCCOc1cc(CN2CCC[C@@H]2C(=O)O)ccc1OC. The lowest BCUT2D eigenvalue weighted by Gasteiger charge is -2.21. The maximum atomic E-state index is 11.2. The normalized spacial score (nSPS) is 18.7. The minimum atomic E-state index is -0.733. The molecule has 2 rings (SSSR count). The number of likely N-dealkylation sites (tertiary alicyclic amines) is 1. The van der Waals surface area contributed by atoms with Crippen LogP contribution in [0.2, 0.25) is 0 Å². The molecular weight excluding hydrogens is 270 g/mol. The first-order valence-electron chi connectivity index (χ1n) is 7.42. The largest absolute Gasteiger partial charge is 0.493 e. The van der Waals surface area contributed by atoms with Crippen molar-refractivity contribution in [3.05, 3.63) is 23.8 Å². The number of hydrogen-bond donors (Lipinski definition) is 1. The van der Waals surface area contributed by atoms with Crippen molar-refractivity contribution in [1.29, 1.82) is 0 Å². The number of benzene rings is 1. The van der Waals surface area contributed by atoms with Crippen molar-refractivity contribution in [3.8, 4) is 11.5 Å². The average molecular weight is 293 g/mol. The van der Waals surface area contributed by atoms with E-state index in [2.05, 4.69) is 6.92 Å². The summed E-state index contributed by atoms with van der Waals surface area (Å²) >= 11 is 0. The molecule has 5 heteroatoms. The van der Waals surface area contributed by atoms with E-state index in [1.54, 1.807) is 7.11 Å². The van der Waals surface area contributed by atoms with E-state index in [9.17, 15) is 9.90 Å². The standard InChI is InChI=1S/C16H23NO4/c1-3-9-21-15-10-12(6-7-14(15)20-2)11-17-8-4-5-13(17)16(18)19/h6-7,10,13H,3-5,8-9,11H2,1-2H3,(H,18,19)/t13-/m1/s1. The summed E-state index contributed by atoms with van der Waals surface area (Å²) in [5, 5.41) is 9.23. The van der Waals surface area contributed by atoms with Crippen LogP contribution in [-0.4, -0.2) is 42.3 Å². The second-order valence-corrected chi connectivity index (χ2v) is 5.30. The Balaban J connectivity index is 2.11. The highest BCUT2D eigenvalue weighted by Gasteiger charge is 2.30. The topological polar surface area (TPSA) is 59.0 Å².